The van der Waals surface area contributed by atoms with Gasteiger partial charge in [-0.3, -0.25) is 4.79 Å². The summed E-state index contributed by atoms with van der Waals surface area (Å²) in [7, 11) is -2.39. The smallest absolute Gasteiger partial charge is 0.243 e. The van der Waals surface area contributed by atoms with E-state index in [9.17, 15) is 13.2 Å². The van der Waals surface area contributed by atoms with Crippen LogP contribution in [0.2, 0.25) is 0 Å². The van der Waals surface area contributed by atoms with Crippen molar-refractivity contribution in [1.82, 2.24) is 9.62 Å². The molecule has 0 atom stereocenters. The van der Waals surface area contributed by atoms with Gasteiger partial charge in [-0.15, -0.1) is 0 Å². The standard InChI is InChI=1S/C18H22N2O5S/c1-25-16-7-9-17(10-8-16)26(23,24)20(14-18(22)19-11-12-21)13-15-5-3-2-4-6-15/h2-10,21H,11-14H2,1H3,(H,19,22). The second kappa shape index (κ2) is 9.33. The fourth-order valence-corrected chi connectivity index (χ4v) is 3.71. The van der Waals surface area contributed by atoms with Crippen LogP contribution in [0.15, 0.2) is 59.5 Å². The van der Waals surface area contributed by atoms with E-state index < -0.39 is 15.9 Å². The van der Waals surface area contributed by atoms with Crippen molar-refractivity contribution in [3.8, 4) is 5.75 Å². The molecule has 0 aliphatic rings. The van der Waals surface area contributed by atoms with E-state index in [0.29, 0.717) is 5.75 Å². The molecule has 2 N–H and O–H groups in total. The Labute approximate surface area is 153 Å². The first-order valence-electron chi connectivity index (χ1n) is 8.03. The van der Waals surface area contributed by atoms with Crippen LogP contribution in [0.3, 0.4) is 0 Å². The highest BCUT2D eigenvalue weighted by molar-refractivity contribution is 7.89. The Morgan fingerprint density at radius 1 is 1.12 bits per heavy atom. The van der Waals surface area contributed by atoms with Gasteiger partial charge in [0.2, 0.25) is 15.9 Å². The maximum atomic E-state index is 13.0. The summed E-state index contributed by atoms with van der Waals surface area (Å²) in [5.74, 6) is 0.0614. The molecule has 26 heavy (non-hydrogen) atoms. The van der Waals surface area contributed by atoms with E-state index in [1.54, 1.807) is 36.4 Å². The molecule has 0 heterocycles. The highest BCUT2D eigenvalue weighted by atomic mass is 32.2. The topological polar surface area (TPSA) is 95.9 Å². The fourth-order valence-electron chi connectivity index (χ4n) is 2.32. The monoisotopic (exact) mass is 378 g/mol. The summed E-state index contributed by atoms with van der Waals surface area (Å²) in [6.07, 6.45) is 0. The van der Waals surface area contributed by atoms with Crippen molar-refractivity contribution in [3.05, 3.63) is 60.2 Å². The Morgan fingerprint density at radius 2 is 1.77 bits per heavy atom. The SMILES string of the molecule is COc1ccc(S(=O)(=O)N(CC(=O)NCCO)Cc2ccccc2)cc1. The van der Waals surface area contributed by atoms with E-state index in [1.165, 1.54) is 19.2 Å². The van der Waals surface area contributed by atoms with Gasteiger partial charge in [0.15, 0.2) is 0 Å². The Balaban J connectivity index is 2.28. The molecule has 7 nitrogen and oxygen atoms in total. The number of hydrogen-bond donors (Lipinski definition) is 2. The average molecular weight is 378 g/mol. The maximum Gasteiger partial charge on any atom is 0.243 e. The van der Waals surface area contributed by atoms with Crippen molar-refractivity contribution in [2.45, 2.75) is 11.4 Å². The van der Waals surface area contributed by atoms with Crippen molar-refractivity contribution < 1.29 is 23.1 Å². The molecular formula is C18H22N2O5S. The van der Waals surface area contributed by atoms with E-state index in [1.807, 2.05) is 6.07 Å². The van der Waals surface area contributed by atoms with Gasteiger partial charge in [0.1, 0.15) is 5.75 Å². The van der Waals surface area contributed by atoms with Gasteiger partial charge in [-0.1, -0.05) is 30.3 Å². The Morgan fingerprint density at radius 3 is 2.35 bits per heavy atom. The predicted octanol–water partition coefficient (Wildman–Crippen LogP) is 0.995. The van der Waals surface area contributed by atoms with Crippen LogP contribution in [-0.4, -0.2) is 50.5 Å². The van der Waals surface area contributed by atoms with E-state index in [2.05, 4.69) is 5.32 Å². The number of carbonyl (C=O) groups excluding carboxylic acids is 1. The number of nitrogens with zero attached hydrogens (tertiary/aromatic N) is 1. The van der Waals surface area contributed by atoms with Crippen molar-refractivity contribution >= 4 is 15.9 Å². The van der Waals surface area contributed by atoms with Crippen molar-refractivity contribution in [2.24, 2.45) is 0 Å². The van der Waals surface area contributed by atoms with Crippen LogP contribution in [0, 0.1) is 0 Å². The number of aliphatic hydroxyl groups is 1. The number of methoxy groups -OCH3 is 1. The summed E-state index contributed by atoms with van der Waals surface area (Å²) in [4.78, 5) is 12.1. The third-order valence-electron chi connectivity index (χ3n) is 3.65. The van der Waals surface area contributed by atoms with Crippen LogP contribution in [0.1, 0.15) is 5.56 Å². The summed E-state index contributed by atoms with van der Waals surface area (Å²) >= 11 is 0. The van der Waals surface area contributed by atoms with Crippen molar-refractivity contribution in [3.63, 3.8) is 0 Å². The molecular weight excluding hydrogens is 356 g/mol. The fraction of sp³-hybridized carbons (Fsp3) is 0.278. The third-order valence-corrected chi connectivity index (χ3v) is 5.46. The van der Waals surface area contributed by atoms with Gasteiger partial charge in [-0.2, -0.15) is 4.31 Å². The number of hydrogen-bond acceptors (Lipinski definition) is 5. The lowest BCUT2D eigenvalue weighted by molar-refractivity contribution is -0.121. The highest BCUT2D eigenvalue weighted by Crippen LogP contribution is 2.21. The quantitative estimate of drug-likeness (QED) is 0.679. The van der Waals surface area contributed by atoms with Crippen molar-refractivity contribution in [2.75, 3.05) is 26.8 Å². The van der Waals surface area contributed by atoms with Crippen LogP contribution >= 0.6 is 0 Å². The molecule has 0 fully saturated rings. The van der Waals surface area contributed by atoms with E-state index >= 15 is 0 Å². The number of sulfonamides is 1. The molecule has 0 radical (unpaired) electrons. The van der Waals surface area contributed by atoms with Crippen LogP contribution in [-0.2, 0) is 21.4 Å². The molecule has 0 saturated heterocycles. The molecule has 2 aromatic carbocycles. The molecule has 1 amide bonds. The predicted molar refractivity (Wildman–Crippen MR) is 97.1 cm³/mol. The van der Waals surface area contributed by atoms with Gasteiger partial charge in [-0.25, -0.2) is 8.42 Å². The van der Waals surface area contributed by atoms with Gasteiger partial charge in [-0.05, 0) is 29.8 Å². The average Bonchev–Trinajstić information content (AvgIpc) is 2.66. The second-order valence-corrected chi connectivity index (χ2v) is 7.45. The number of benzene rings is 2. The molecule has 8 heteroatoms. The lowest BCUT2D eigenvalue weighted by Crippen LogP contribution is -2.41. The summed E-state index contributed by atoms with van der Waals surface area (Å²) in [6, 6.07) is 15.0. The van der Waals surface area contributed by atoms with Gasteiger partial charge >= 0.3 is 0 Å². The zero-order valence-corrected chi connectivity index (χ0v) is 15.3. The van der Waals surface area contributed by atoms with E-state index in [4.69, 9.17) is 9.84 Å². The first-order chi connectivity index (χ1) is 12.5. The summed E-state index contributed by atoms with van der Waals surface area (Å²) in [5, 5.41) is 11.3. The minimum absolute atomic E-state index is 0.0573. The molecule has 0 unspecified atom stereocenters. The normalized spacial score (nSPS) is 11.3. The Bertz CT molecular complexity index is 807. The van der Waals surface area contributed by atoms with E-state index in [0.717, 1.165) is 9.87 Å². The van der Waals surface area contributed by atoms with Crippen molar-refractivity contribution in [1.29, 1.82) is 0 Å². The largest absolute Gasteiger partial charge is 0.497 e. The molecule has 0 spiro atoms. The lowest BCUT2D eigenvalue weighted by atomic mass is 10.2. The lowest BCUT2D eigenvalue weighted by Gasteiger charge is -2.22. The van der Waals surface area contributed by atoms with Gasteiger partial charge in [0.25, 0.3) is 0 Å². The molecule has 0 aromatic heterocycles. The summed E-state index contributed by atoms with van der Waals surface area (Å²) in [5.41, 5.74) is 0.763. The molecule has 0 aliphatic carbocycles. The van der Waals surface area contributed by atoms with Gasteiger partial charge in [0.05, 0.1) is 25.2 Å². The zero-order valence-electron chi connectivity index (χ0n) is 14.5. The van der Waals surface area contributed by atoms with Crippen LogP contribution < -0.4 is 10.1 Å². The Hall–Kier alpha value is -2.42. The first-order valence-corrected chi connectivity index (χ1v) is 9.47. The molecule has 0 saturated carbocycles. The molecule has 0 bridgehead atoms. The number of nitrogens with one attached hydrogen (secondary N) is 1. The summed E-state index contributed by atoms with van der Waals surface area (Å²) < 4.78 is 32.2. The van der Waals surface area contributed by atoms with E-state index in [-0.39, 0.29) is 31.1 Å². The summed E-state index contributed by atoms with van der Waals surface area (Å²) in [6.45, 7) is -0.429. The second-order valence-electron chi connectivity index (χ2n) is 5.51. The molecule has 2 rings (SSSR count). The van der Waals surface area contributed by atoms with Crippen LogP contribution in [0.5, 0.6) is 5.75 Å². The third kappa shape index (κ3) is 5.29. The number of amides is 1. The minimum atomic E-state index is -3.89. The maximum absolute atomic E-state index is 13.0. The molecule has 140 valence electrons. The first kappa shape index (κ1) is 19.9. The number of carbonyl (C=O) groups is 1. The van der Waals surface area contributed by atoms with Crippen LogP contribution in [0.25, 0.3) is 0 Å². The molecule has 0 aliphatic heterocycles. The highest BCUT2D eigenvalue weighted by Gasteiger charge is 2.26. The van der Waals surface area contributed by atoms with Gasteiger partial charge < -0.3 is 15.2 Å². The number of ether oxygens (including phenoxy) is 1. The van der Waals surface area contributed by atoms with Gasteiger partial charge in [0, 0.05) is 13.1 Å². The number of aliphatic hydroxyl groups excluding tert-OH is 1. The Kier molecular flexibility index (Phi) is 7.14. The minimum Gasteiger partial charge on any atom is -0.497 e. The molecule has 2 aromatic rings. The van der Waals surface area contributed by atoms with Crippen LogP contribution in [0.4, 0.5) is 0 Å². The number of rotatable bonds is 9. The zero-order chi connectivity index (χ0) is 19.0.